The third kappa shape index (κ3) is 3.64. The van der Waals surface area contributed by atoms with Crippen LogP contribution in [0.3, 0.4) is 0 Å². The van der Waals surface area contributed by atoms with E-state index in [1.54, 1.807) is 0 Å². The van der Waals surface area contributed by atoms with Gasteiger partial charge in [-0.05, 0) is 25.7 Å². The summed E-state index contributed by atoms with van der Waals surface area (Å²) in [6.07, 6.45) is 4.46. The molecule has 1 heterocycles. The van der Waals surface area contributed by atoms with E-state index in [9.17, 15) is 4.79 Å². The van der Waals surface area contributed by atoms with Gasteiger partial charge in [-0.1, -0.05) is 6.92 Å². The molecule has 2 unspecified atom stereocenters. The van der Waals surface area contributed by atoms with Crippen molar-refractivity contribution in [2.75, 3.05) is 13.2 Å². The van der Waals surface area contributed by atoms with Crippen LogP contribution in [0.5, 0.6) is 0 Å². The Labute approximate surface area is 85.2 Å². The number of ether oxygens (including phenoxy) is 1. The first kappa shape index (κ1) is 11.5. The van der Waals surface area contributed by atoms with E-state index in [1.807, 2.05) is 6.92 Å². The van der Waals surface area contributed by atoms with Crippen molar-refractivity contribution in [1.82, 2.24) is 5.32 Å². The molecular weight excluding hydrogens is 180 g/mol. The van der Waals surface area contributed by atoms with Crippen LogP contribution < -0.4 is 11.1 Å². The summed E-state index contributed by atoms with van der Waals surface area (Å²) in [5, 5.41) is 3.14. The van der Waals surface area contributed by atoms with E-state index in [0.29, 0.717) is 0 Å². The van der Waals surface area contributed by atoms with Gasteiger partial charge in [0.05, 0.1) is 12.1 Å². The molecule has 0 bridgehead atoms. The van der Waals surface area contributed by atoms with Crippen molar-refractivity contribution in [2.45, 2.75) is 44.8 Å². The average molecular weight is 200 g/mol. The van der Waals surface area contributed by atoms with Crippen LogP contribution >= 0.6 is 0 Å². The van der Waals surface area contributed by atoms with Gasteiger partial charge < -0.3 is 15.8 Å². The van der Waals surface area contributed by atoms with E-state index in [2.05, 4.69) is 5.32 Å². The minimum Gasteiger partial charge on any atom is -0.377 e. The van der Waals surface area contributed by atoms with Crippen molar-refractivity contribution in [3.05, 3.63) is 0 Å². The summed E-state index contributed by atoms with van der Waals surface area (Å²) in [6, 6.07) is -0.208. The molecule has 2 atom stereocenters. The topological polar surface area (TPSA) is 64.3 Å². The predicted molar refractivity (Wildman–Crippen MR) is 54.9 cm³/mol. The van der Waals surface area contributed by atoms with Crippen LogP contribution in [-0.4, -0.2) is 31.2 Å². The van der Waals surface area contributed by atoms with E-state index in [4.69, 9.17) is 10.5 Å². The zero-order valence-corrected chi connectivity index (χ0v) is 8.79. The van der Waals surface area contributed by atoms with Gasteiger partial charge in [0.25, 0.3) is 0 Å². The van der Waals surface area contributed by atoms with Gasteiger partial charge >= 0.3 is 0 Å². The van der Waals surface area contributed by atoms with Crippen molar-refractivity contribution in [3.8, 4) is 0 Å². The summed E-state index contributed by atoms with van der Waals surface area (Å²) in [5.41, 5.74) is 5.22. The lowest BCUT2D eigenvalue weighted by atomic mass is 10.1. The van der Waals surface area contributed by atoms with Crippen LogP contribution in [0.1, 0.15) is 32.6 Å². The highest BCUT2D eigenvalue weighted by atomic mass is 16.5. The molecule has 3 N–H and O–H groups in total. The quantitative estimate of drug-likeness (QED) is 0.675. The summed E-state index contributed by atoms with van der Waals surface area (Å²) in [6.45, 7) is 3.53. The fourth-order valence-corrected chi connectivity index (χ4v) is 1.69. The number of hydrogen-bond acceptors (Lipinski definition) is 3. The number of primary amides is 1. The van der Waals surface area contributed by atoms with E-state index in [1.165, 1.54) is 6.42 Å². The van der Waals surface area contributed by atoms with E-state index < -0.39 is 0 Å². The van der Waals surface area contributed by atoms with Crippen molar-refractivity contribution in [2.24, 2.45) is 5.73 Å². The summed E-state index contributed by atoms with van der Waals surface area (Å²) >= 11 is 0. The molecule has 0 radical (unpaired) electrons. The Morgan fingerprint density at radius 2 is 2.43 bits per heavy atom. The Bertz CT molecular complexity index is 179. The van der Waals surface area contributed by atoms with E-state index in [0.717, 1.165) is 32.4 Å². The van der Waals surface area contributed by atoms with Crippen molar-refractivity contribution in [3.63, 3.8) is 0 Å². The van der Waals surface area contributed by atoms with Gasteiger partial charge in [0.2, 0.25) is 5.91 Å². The molecule has 4 heteroatoms. The zero-order valence-electron chi connectivity index (χ0n) is 8.79. The number of nitrogens with one attached hydrogen (secondary N) is 1. The molecule has 1 saturated heterocycles. The lowest BCUT2D eigenvalue weighted by Gasteiger charge is -2.24. The van der Waals surface area contributed by atoms with E-state index >= 15 is 0 Å². The fraction of sp³-hybridized carbons (Fsp3) is 0.900. The van der Waals surface area contributed by atoms with Gasteiger partial charge in [0.15, 0.2) is 0 Å². The van der Waals surface area contributed by atoms with Gasteiger partial charge in [-0.3, -0.25) is 4.79 Å². The van der Waals surface area contributed by atoms with Crippen LogP contribution in [0.2, 0.25) is 0 Å². The molecule has 1 rings (SSSR count). The minimum atomic E-state index is -0.275. The third-order valence-electron chi connectivity index (χ3n) is 2.62. The molecule has 1 aliphatic heterocycles. The maximum Gasteiger partial charge on any atom is 0.234 e. The first-order valence-corrected chi connectivity index (χ1v) is 5.38. The molecule has 0 spiro atoms. The summed E-state index contributed by atoms with van der Waals surface area (Å²) < 4.78 is 5.54. The second-order valence-electron chi connectivity index (χ2n) is 3.76. The standard InChI is InChI=1S/C10H20N2O2/c1-2-9(10(11)13)12-7-8-5-3-4-6-14-8/h8-9,12H,2-7H2,1H3,(H2,11,13). The Hall–Kier alpha value is -0.610. The van der Waals surface area contributed by atoms with Gasteiger partial charge in [0, 0.05) is 13.2 Å². The SMILES string of the molecule is CCC(NCC1CCCCO1)C(N)=O. The first-order valence-electron chi connectivity index (χ1n) is 5.38. The monoisotopic (exact) mass is 200 g/mol. The molecule has 1 aliphatic rings. The lowest BCUT2D eigenvalue weighted by Crippen LogP contribution is -2.44. The van der Waals surface area contributed by atoms with Gasteiger partial charge in [-0.15, -0.1) is 0 Å². The molecule has 0 saturated carbocycles. The Balaban J connectivity index is 2.20. The molecule has 0 aromatic rings. The fourth-order valence-electron chi connectivity index (χ4n) is 1.69. The summed E-state index contributed by atoms with van der Waals surface area (Å²) in [7, 11) is 0. The molecular formula is C10H20N2O2. The van der Waals surface area contributed by atoms with Crippen LogP contribution in [0.15, 0.2) is 0 Å². The zero-order chi connectivity index (χ0) is 10.4. The smallest absolute Gasteiger partial charge is 0.234 e. The molecule has 0 aliphatic carbocycles. The summed E-state index contributed by atoms with van der Waals surface area (Å²) in [4.78, 5) is 10.9. The predicted octanol–water partition coefficient (Wildman–Crippen LogP) is 0.409. The number of carbonyl (C=O) groups is 1. The molecule has 4 nitrogen and oxygen atoms in total. The third-order valence-corrected chi connectivity index (χ3v) is 2.62. The largest absolute Gasteiger partial charge is 0.377 e. The highest BCUT2D eigenvalue weighted by Gasteiger charge is 2.17. The highest BCUT2D eigenvalue weighted by molar-refractivity contribution is 5.79. The van der Waals surface area contributed by atoms with Crippen molar-refractivity contribution < 1.29 is 9.53 Å². The number of hydrogen-bond donors (Lipinski definition) is 2. The molecule has 14 heavy (non-hydrogen) atoms. The maximum atomic E-state index is 10.9. The number of carbonyl (C=O) groups excluding carboxylic acids is 1. The molecule has 0 aromatic heterocycles. The molecule has 1 amide bonds. The van der Waals surface area contributed by atoms with Crippen LogP contribution in [0.4, 0.5) is 0 Å². The Kier molecular flexibility index (Phi) is 4.90. The first-order chi connectivity index (χ1) is 6.74. The second-order valence-corrected chi connectivity index (χ2v) is 3.76. The number of nitrogens with two attached hydrogens (primary N) is 1. The minimum absolute atomic E-state index is 0.208. The maximum absolute atomic E-state index is 10.9. The number of rotatable bonds is 5. The van der Waals surface area contributed by atoms with Crippen LogP contribution in [-0.2, 0) is 9.53 Å². The van der Waals surface area contributed by atoms with Gasteiger partial charge in [0.1, 0.15) is 0 Å². The summed E-state index contributed by atoms with van der Waals surface area (Å²) in [5.74, 6) is -0.275. The van der Waals surface area contributed by atoms with Crippen LogP contribution in [0, 0.1) is 0 Å². The van der Waals surface area contributed by atoms with Gasteiger partial charge in [-0.25, -0.2) is 0 Å². The second kappa shape index (κ2) is 5.98. The molecule has 1 fully saturated rings. The van der Waals surface area contributed by atoms with Gasteiger partial charge in [-0.2, -0.15) is 0 Å². The number of amides is 1. The Morgan fingerprint density at radius 3 is 2.93 bits per heavy atom. The molecule has 82 valence electrons. The lowest BCUT2D eigenvalue weighted by molar-refractivity contribution is -0.120. The molecule has 0 aromatic carbocycles. The normalized spacial score (nSPS) is 24.5. The highest BCUT2D eigenvalue weighted by Crippen LogP contribution is 2.11. The van der Waals surface area contributed by atoms with Crippen molar-refractivity contribution >= 4 is 5.91 Å². The average Bonchev–Trinajstić information content (AvgIpc) is 2.20. The van der Waals surface area contributed by atoms with Crippen molar-refractivity contribution in [1.29, 1.82) is 0 Å². The van der Waals surface area contributed by atoms with E-state index in [-0.39, 0.29) is 18.1 Å². The van der Waals surface area contributed by atoms with Crippen LogP contribution in [0.25, 0.3) is 0 Å². The Morgan fingerprint density at radius 1 is 1.64 bits per heavy atom.